The minimum absolute atomic E-state index is 0.454. The van der Waals surface area contributed by atoms with Crippen LogP contribution in [0.4, 0.5) is 0 Å². The Balaban J connectivity index is 1.44. The Morgan fingerprint density at radius 3 is 2.48 bits per heavy atom. The molecule has 0 atom stereocenters. The lowest BCUT2D eigenvalue weighted by Crippen LogP contribution is -2.47. The molecule has 0 unspecified atom stereocenters. The lowest BCUT2D eigenvalue weighted by Gasteiger charge is -2.33. The van der Waals surface area contributed by atoms with Gasteiger partial charge in [0, 0.05) is 43.5 Å². The van der Waals surface area contributed by atoms with Gasteiger partial charge in [0.25, 0.3) is 0 Å². The predicted molar refractivity (Wildman–Crippen MR) is 128 cm³/mol. The highest BCUT2D eigenvalue weighted by Gasteiger charge is 2.23. The molecule has 0 saturated carbocycles. The Labute approximate surface area is 192 Å². The van der Waals surface area contributed by atoms with Crippen molar-refractivity contribution in [3.63, 3.8) is 0 Å². The largest absolute Gasteiger partial charge is 0.480 e. The number of hydrogen-bond donors (Lipinski definition) is 1. The number of pyridine rings is 1. The Kier molecular flexibility index (Phi) is 5.48. The SMILES string of the molecule is COc1nc2ccccc2cc1-c1cc2cc(CN3CCN(S(C)(=O)=O)CC3)ccc2n1O. The zero-order valence-corrected chi connectivity index (χ0v) is 19.4. The molecule has 9 heteroatoms. The van der Waals surface area contributed by atoms with E-state index < -0.39 is 10.0 Å². The fraction of sp³-hybridized carbons (Fsp3) is 0.292. The molecule has 172 valence electrons. The van der Waals surface area contributed by atoms with E-state index in [2.05, 4.69) is 16.0 Å². The molecule has 5 rings (SSSR count). The highest BCUT2D eigenvalue weighted by molar-refractivity contribution is 7.88. The van der Waals surface area contributed by atoms with Gasteiger partial charge in [0.2, 0.25) is 15.9 Å². The molecule has 8 nitrogen and oxygen atoms in total. The fourth-order valence-electron chi connectivity index (χ4n) is 4.46. The van der Waals surface area contributed by atoms with Crippen molar-refractivity contribution in [3.8, 4) is 17.1 Å². The highest BCUT2D eigenvalue weighted by Crippen LogP contribution is 2.35. The summed E-state index contributed by atoms with van der Waals surface area (Å²) >= 11 is 0. The van der Waals surface area contributed by atoms with Gasteiger partial charge in [-0.15, -0.1) is 0 Å². The molecule has 0 bridgehead atoms. The molecule has 3 heterocycles. The van der Waals surface area contributed by atoms with Gasteiger partial charge in [0.15, 0.2) is 0 Å². The Morgan fingerprint density at radius 2 is 1.76 bits per heavy atom. The van der Waals surface area contributed by atoms with Crippen LogP contribution in [0.5, 0.6) is 5.88 Å². The summed E-state index contributed by atoms with van der Waals surface area (Å²) in [5.74, 6) is 0.454. The van der Waals surface area contributed by atoms with Crippen LogP contribution in [0.3, 0.4) is 0 Å². The van der Waals surface area contributed by atoms with E-state index in [1.807, 2.05) is 48.5 Å². The molecular weight excluding hydrogens is 440 g/mol. The number of ether oxygens (including phenoxy) is 1. The van der Waals surface area contributed by atoms with E-state index in [4.69, 9.17) is 4.74 Å². The van der Waals surface area contributed by atoms with Gasteiger partial charge in [-0.3, -0.25) is 4.90 Å². The fourth-order valence-corrected chi connectivity index (χ4v) is 5.28. The normalized spacial score (nSPS) is 15.9. The van der Waals surface area contributed by atoms with Gasteiger partial charge in [-0.1, -0.05) is 24.3 Å². The van der Waals surface area contributed by atoms with Crippen LogP contribution >= 0.6 is 0 Å². The van der Waals surface area contributed by atoms with Gasteiger partial charge in [0.1, 0.15) is 0 Å². The van der Waals surface area contributed by atoms with Crippen molar-refractivity contribution in [2.75, 3.05) is 39.5 Å². The van der Waals surface area contributed by atoms with Crippen molar-refractivity contribution < 1.29 is 18.4 Å². The molecule has 0 amide bonds. The van der Waals surface area contributed by atoms with Crippen molar-refractivity contribution in [2.45, 2.75) is 6.54 Å². The lowest BCUT2D eigenvalue weighted by molar-refractivity contribution is 0.182. The third-order valence-corrected chi connectivity index (χ3v) is 7.51. The first-order valence-corrected chi connectivity index (χ1v) is 12.6. The van der Waals surface area contributed by atoms with Crippen molar-refractivity contribution in [2.24, 2.45) is 0 Å². The standard InChI is InChI=1S/C24H26N4O4S/c1-32-24-20(14-18-5-3-4-6-21(18)25-24)23-15-19-13-17(7-8-22(19)28(23)29)16-26-9-11-27(12-10-26)33(2,30)31/h3-8,13-15,29H,9-12,16H2,1-2H3. The first kappa shape index (κ1) is 21.7. The number of piperazine rings is 1. The lowest BCUT2D eigenvalue weighted by atomic mass is 10.1. The molecular formula is C24H26N4O4S. The van der Waals surface area contributed by atoms with Gasteiger partial charge in [-0.25, -0.2) is 13.4 Å². The van der Waals surface area contributed by atoms with Gasteiger partial charge in [0.05, 0.1) is 35.7 Å². The number of rotatable bonds is 5. The van der Waals surface area contributed by atoms with Crippen LogP contribution in [0, 0.1) is 0 Å². The smallest absolute Gasteiger partial charge is 0.223 e. The second-order valence-electron chi connectivity index (χ2n) is 8.41. The van der Waals surface area contributed by atoms with Crippen LogP contribution < -0.4 is 4.74 Å². The van der Waals surface area contributed by atoms with Gasteiger partial charge < -0.3 is 9.94 Å². The summed E-state index contributed by atoms with van der Waals surface area (Å²) in [6, 6.07) is 17.7. The molecule has 0 spiro atoms. The number of methoxy groups -OCH3 is 1. The topological polar surface area (TPSA) is 87.9 Å². The first-order chi connectivity index (χ1) is 15.8. The highest BCUT2D eigenvalue weighted by atomic mass is 32.2. The number of benzene rings is 2. The minimum atomic E-state index is -3.14. The summed E-state index contributed by atoms with van der Waals surface area (Å²) in [6.07, 6.45) is 1.26. The third kappa shape index (κ3) is 4.15. The molecule has 1 N–H and O–H groups in total. The molecule has 1 fully saturated rings. The number of fused-ring (bicyclic) bond motifs is 2. The number of para-hydroxylation sites is 1. The van der Waals surface area contributed by atoms with Crippen molar-refractivity contribution in [1.29, 1.82) is 0 Å². The van der Waals surface area contributed by atoms with Crippen LogP contribution in [0.2, 0.25) is 0 Å². The molecule has 0 aliphatic carbocycles. The molecule has 0 radical (unpaired) electrons. The molecule has 2 aromatic carbocycles. The second kappa shape index (κ2) is 8.33. The molecule has 33 heavy (non-hydrogen) atoms. The summed E-state index contributed by atoms with van der Waals surface area (Å²) in [7, 11) is -1.56. The minimum Gasteiger partial charge on any atom is -0.480 e. The molecule has 4 aromatic rings. The second-order valence-corrected chi connectivity index (χ2v) is 10.4. The number of aromatic nitrogens is 2. The number of hydrogen-bond acceptors (Lipinski definition) is 6. The van der Waals surface area contributed by atoms with Crippen LogP contribution in [0.15, 0.2) is 54.6 Å². The summed E-state index contributed by atoms with van der Waals surface area (Å²) in [5.41, 5.74) is 3.96. The van der Waals surface area contributed by atoms with Crippen LogP contribution in [0.25, 0.3) is 33.1 Å². The van der Waals surface area contributed by atoms with E-state index in [9.17, 15) is 13.6 Å². The van der Waals surface area contributed by atoms with E-state index in [-0.39, 0.29) is 0 Å². The number of sulfonamides is 1. The molecule has 1 saturated heterocycles. The van der Waals surface area contributed by atoms with Crippen molar-refractivity contribution in [3.05, 3.63) is 60.2 Å². The summed E-state index contributed by atoms with van der Waals surface area (Å²) in [6.45, 7) is 3.12. The van der Waals surface area contributed by atoms with Crippen LogP contribution in [-0.2, 0) is 16.6 Å². The van der Waals surface area contributed by atoms with E-state index in [1.165, 1.54) is 15.3 Å². The Bertz CT molecular complexity index is 1440. The van der Waals surface area contributed by atoms with Gasteiger partial charge in [-0.2, -0.15) is 9.04 Å². The summed E-state index contributed by atoms with van der Waals surface area (Å²) < 4.78 is 31.7. The number of nitrogens with zero attached hydrogens (tertiary/aromatic N) is 4. The van der Waals surface area contributed by atoms with Crippen LogP contribution in [0.1, 0.15) is 5.56 Å². The average molecular weight is 467 g/mol. The van der Waals surface area contributed by atoms with Gasteiger partial charge >= 0.3 is 0 Å². The summed E-state index contributed by atoms with van der Waals surface area (Å²) in [5, 5.41) is 12.8. The Hall–Kier alpha value is -3.14. The van der Waals surface area contributed by atoms with E-state index in [0.29, 0.717) is 48.8 Å². The zero-order chi connectivity index (χ0) is 23.2. The quantitative estimate of drug-likeness (QED) is 0.455. The third-order valence-electron chi connectivity index (χ3n) is 6.21. The molecule has 1 aliphatic rings. The van der Waals surface area contributed by atoms with Crippen molar-refractivity contribution in [1.82, 2.24) is 18.9 Å². The van der Waals surface area contributed by atoms with E-state index >= 15 is 0 Å². The zero-order valence-electron chi connectivity index (χ0n) is 18.6. The molecule has 2 aromatic heterocycles. The maximum atomic E-state index is 11.7. The Morgan fingerprint density at radius 1 is 1.00 bits per heavy atom. The maximum Gasteiger partial charge on any atom is 0.223 e. The monoisotopic (exact) mass is 466 g/mol. The average Bonchev–Trinajstić information content (AvgIpc) is 3.13. The predicted octanol–water partition coefficient (Wildman–Crippen LogP) is 3.18. The summed E-state index contributed by atoms with van der Waals surface area (Å²) in [4.78, 5) is 6.85. The molecule has 1 aliphatic heterocycles. The van der Waals surface area contributed by atoms with E-state index in [1.54, 1.807) is 7.11 Å². The van der Waals surface area contributed by atoms with E-state index in [0.717, 1.165) is 28.4 Å². The van der Waals surface area contributed by atoms with Gasteiger partial charge in [-0.05, 0) is 35.9 Å². The maximum absolute atomic E-state index is 11.7. The first-order valence-electron chi connectivity index (χ1n) is 10.8. The van der Waals surface area contributed by atoms with Crippen molar-refractivity contribution >= 4 is 31.8 Å². The van der Waals surface area contributed by atoms with Crippen LogP contribution in [-0.4, -0.2) is 72.1 Å².